The second-order valence-electron chi connectivity index (χ2n) is 11.3. The van der Waals surface area contributed by atoms with Crippen LogP contribution in [0.3, 0.4) is 0 Å². The van der Waals surface area contributed by atoms with E-state index in [4.69, 9.17) is 4.74 Å². The highest BCUT2D eigenvalue weighted by Crippen LogP contribution is 2.54. The fraction of sp³-hybridized carbons (Fsp3) is 0.533. The van der Waals surface area contributed by atoms with Gasteiger partial charge >= 0.3 is 5.97 Å². The topological polar surface area (TPSA) is 46.6 Å². The zero-order valence-corrected chi connectivity index (χ0v) is 21.9. The zero-order chi connectivity index (χ0) is 26.3. The minimum Gasteiger partial charge on any atom is -0.465 e. The highest BCUT2D eigenvalue weighted by Gasteiger charge is 2.54. The van der Waals surface area contributed by atoms with E-state index >= 15 is 0 Å². The van der Waals surface area contributed by atoms with Crippen LogP contribution in [0.2, 0.25) is 0 Å². The van der Waals surface area contributed by atoms with E-state index in [1.165, 1.54) is 19.2 Å². The first kappa shape index (κ1) is 26.3. The molecular weight excluding hydrogens is 460 g/mol. The van der Waals surface area contributed by atoms with E-state index in [1.807, 2.05) is 24.0 Å². The Morgan fingerprint density at radius 2 is 1.69 bits per heavy atom. The van der Waals surface area contributed by atoms with E-state index in [1.54, 1.807) is 12.1 Å². The summed E-state index contributed by atoms with van der Waals surface area (Å²) in [5, 5.41) is 0. The molecule has 36 heavy (non-hydrogen) atoms. The number of nitrogens with zero attached hydrogens (tertiary/aromatic N) is 1. The molecule has 2 fully saturated rings. The Bertz CT molecular complexity index is 1100. The largest absolute Gasteiger partial charge is 0.465 e. The van der Waals surface area contributed by atoms with E-state index in [2.05, 4.69) is 20.8 Å². The number of esters is 1. The van der Waals surface area contributed by atoms with Gasteiger partial charge in [0.15, 0.2) is 0 Å². The Morgan fingerprint density at radius 1 is 1.11 bits per heavy atom. The van der Waals surface area contributed by atoms with Crippen molar-refractivity contribution < 1.29 is 23.1 Å². The predicted molar refractivity (Wildman–Crippen MR) is 136 cm³/mol. The lowest BCUT2D eigenvalue weighted by atomic mass is 9.64. The van der Waals surface area contributed by atoms with Crippen LogP contribution in [0, 0.1) is 23.0 Å². The molecule has 1 aliphatic heterocycles. The first-order valence-electron chi connectivity index (χ1n) is 13.0. The van der Waals surface area contributed by atoms with Crippen molar-refractivity contribution in [2.24, 2.45) is 11.3 Å². The molecule has 0 bridgehead atoms. The van der Waals surface area contributed by atoms with E-state index in [0.29, 0.717) is 23.5 Å². The minimum absolute atomic E-state index is 0.0854. The number of hydrogen-bond acceptors (Lipinski definition) is 3. The van der Waals surface area contributed by atoms with Crippen molar-refractivity contribution in [1.29, 1.82) is 0 Å². The maximum absolute atomic E-state index is 14.1. The average Bonchev–Trinajstić information content (AvgIpc) is 3.14. The monoisotopic (exact) mass is 497 g/mol. The third-order valence-corrected chi connectivity index (χ3v) is 9.05. The van der Waals surface area contributed by atoms with Crippen LogP contribution in [0.15, 0.2) is 42.5 Å². The molecule has 2 aliphatic rings. The Balaban J connectivity index is 1.69. The lowest BCUT2D eigenvalue weighted by molar-refractivity contribution is -0.136. The fourth-order valence-electron chi connectivity index (χ4n) is 6.44. The van der Waals surface area contributed by atoms with E-state index in [0.717, 1.165) is 43.7 Å². The van der Waals surface area contributed by atoms with Crippen molar-refractivity contribution >= 4 is 11.9 Å². The number of carbonyl (C=O) groups excluding carboxylic acids is 2. The molecule has 4 nitrogen and oxygen atoms in total. The standard InChI is InChI=1S/C30H37F2NO3/c1-6-29(3,4)23-11-13-30(14-12-23)18-26(22-15-24(31)17-25(32)16-22)27(34)33(30)19(2)20-7-9-21(10-8-20)28(35)36-5/h7-10,15-17,19,23,26H,6,11-14,18H2,1-5H3. The number of benzene rings is 2. The van der Waals surface area contributed by atoms with Crippen LogP contribution in [-0.4, -0.2) is 29.4 Å². The van der Waals surface area contributed by atoms with Crippen LogP contribution in [0.1, 0.15) is 99.7 Å². The van der Waals surface area contributed by atoms with Gasteiger partial charge in [-0.2, -0.15) is 0 Å². The summed E-state index contributed by atoms with van der Waals surface area (Å²) in [5.41, 5.74) is 1.63. The lowest BCUT2D eigenvalue weighted by Gasteiger charge is -2.49. The SMILES string of the molecule is CCC(C)(C)C1CCC2(CC1)CC(c1cc(F)cc(F)c1)C(=O)N2C(C)c1ccc(C(=O)OC)cc1. The molecule has 1 heterocycles. The van der Waals surface area contributed by atoms with Crippen LogP contribution in [0.4, 0.5) is 8.78 Å². The van der Waals surface area contributed by atoms with Gasteiger partial charge < -0.3 is 9.64 Å². The molecule has 1 saturated heterocycles. The molecule has 0 radical (unpaired) electrons. The number of carbonyl (C=O) groups is 2. The molecule has 6 heteroatoms. The first-order chi connectivity index (χ1) is 17.0. The van der Waals surface area contributed by atoms with Crippen molar-refractivity contribution in [3.8, 4) is 0 Å². The molecule has 2 atom stereocenters. The number of ether oxygens (including phenoxy) is 1. The number of methoxy groups -OCH3 is 1. The van der Waals surface area contributed by atoms with E-state index < -0.39 is 23.5 Å². The summed E-state index contributed by atoms with van der Waals surface area (Å²) in [6.45, 7) is 8.86. The molecule has 0 aromatic heterocycles. The van der Waals surface area contributed by atoms with Crippen LogP contribution >= 0.6 is 0 Å². The van der Waals surface area contributed by atoms with E-state index in [9.17, 15) is 18.4 Å². The van der Waals surface area contributed by atoms with Crippen molar-refractivity contribution in [2.75, 3.05) is 7.11 Å². The predicted octanol–water partition coefficient (Wildman–Crippen LogP) is 7.19. The van der Waals surface area contributed by atoms with Gasteiger partial charge in [0.1, 0.15) is 11.6 Å². The molecule has 4 rings (SSSR count). The van der Waals surface area contributed by atoms with Gasteiger partial charge in [0.25, 0.3) is 0 Å². The average molecular weight is 498 g/mol. The van der Waals surface area contributed by atoms with Gasteiger partial charge in [-0.05, 0) is 85.8 Å². The summed E-state index contributed by atoms with van der Waals surface area (Å²) in [7, 11) is 1.34. The fourth-order valence-corrected chi connectivity index (χ4v) is 6.44. The number of hydrogen-bond donors (Lipinski definition) is 0. The van der Waals surface area contributed by atoms with Crippen molar-refractivity contribution in [3.05, 3.63) is 70.8 Å². The van der Waals surface area contributed by atoms with Crippen LogP contribution < -0.4 is 0 Å². The minimum atomic E-state index is -0.662. The van der Waals surface area contributed by atoms with Gasteiger partial charge in [0.2, 0.25) is 5.91 Å². The molecule has 2 aromatic rings. The van der Waals surface area contributed by atoms with Crippen molar-refractivity contribution in [2.45, 2.75) is 83.7 Å². The van der Waals surface area contributed by atoms with Crippen molar-refractivity contribution in [1.82, 2.24) is 4.90 Å². The zero-order valence-electron chi connectivity index (χ0n) is 21.9. The van der Waals surface area contributed by atoms with Gasteiger partial charge in [0.05, 0.1) is 24.6 Å². The van der Waals surface area contributed by atoms with Gasteiger partial charge in [-0.3, -0.25) is 4.79 Å². The summed E-state index contributed by atoms with van der Waals surface area (Å²) in [6.07, 6.45) is 5.42. The van der Waals surface area contributed by atoms with Crippen LogP contribution in [0.5, 0.6) is 0 Å². The summed E-state index contributed by atoms with van der Waals surface area (Å²) < 4.78 is 33.0. The quantitative estimate of drug-likeness (QED) is 0.397. The van der Waals surface area contributed by atoms with Crippen LogP contribution in [-0.2, 0) is 9.53 Å². The summed E-state index contributed by atoms with van der Waals surface area (Å²) >= 11 is 0. The Labute approximate surface area is 213 Å². The molecule has 1 amide bonds. The third-order valence-electron chi connectivity index (χ3n) is 9.05. The third kappa shape index (κ3) is 4.79. The molecule has 2 unspecified atom stereocenters. The molecule has 2 aromatic carbocycles. The molecule has 1 saturated carbocycles. The van der Waals surface area contributed by atoms with Gasteiger partial charge in [-0.1, -0.05) is 39.3 Å². The highest BCUT2D eigenvalue weighted by molar-refractivity contribution is 5.89. The first-order valence-corrected chi connectivity index (χ1v) is 13.0. The van der Waals surface area contributed by atoms with Gasteiger partial charge in [-0.15, -0.1) is 0 Å². The number of amides is 1. The molecule has 194 valence electrons. The molecule has 1 spiro atoms. The van der Waals surface area contributed by atoms with Crippen molar-refractivity contribution in [3.63, 3.8) is 0 Å². The summed E-state index contributed by atoms with van der Waals surface area (Å²) in [6, 6.07) is 10.3. The Kier molecular flexibility index (Phi) is 7.27. The second kappa shape index (κ2) is 9.95. The summed E-state index contributed by atoms with van der Waals surface area (Å²) in [4.78, 5) is 27.9. The Morgan fingerprint density at radius 3 is 2.22 bits per heavy atom. The van der Waals surface area contributed by atoms with Crippen LogP contribution in [0.25, 0.3) is 0 Å². The lowest BCUT2D eigenvalue weighted by Crippen LogP contribution is -2.50. The van der Waals surface area contributed by atoms with Gasteiger partial charge in [0, 0.05) is 11.6 Å². The summed E-state index contributed by atoms with van der Waals surface area (Å²) in [5.74, 6) is -1.82. The number of rotatable bonds is 6. The smallest absolute Gasteiger partial charge is 0.337 e. The number of halogens is 2. The van der Waals surface area contributed by atoms with Gasteiger partial charge in [-0.25, -0.2) is 13.6 Å². The normalized spacial score (nSPS) is 25.3. The maximum atomic E-state index is 14.1. The van der Waals surface area contributed by atoms with E-state index in [-0.39, 0.29) is 22.9 Å². The highest BCUT2D eigenvalue weighted by atomic mass is 19.1. The number of likely N-dealkylation sites (tertiary alicyclic amines) is 1. The maximum Gasteiger partial charge on any atom is 0.337 e. The molecular formula is C30H37F2NO3. The Hall–Kier alpha value is -2.76. The molecule has 0 N–H and O–H groups in total. The second-order valence-corrected chi connectivity index (χ2v) is 11.3. The molecule has 1 aliphatic carbocycles.